The molecule has 0 aliphatic rings. The lowest BCUT2D eigenvalue weighted by molar-refractivity contribution is 0.669. The fraction of sp³-hybridized carbons (Fsp3) is 0. The SMILES string of the molecule is Clc1nc(-c2cccc(-c3ccccc3)c2)nc(-c2cccc3oc4cc(-c5ccccc5)ccc4c23)n1. The quantitative estimate of drug-likeness (QED) is 0.237. The maximum absolute atomic E-state index is 6.45. The third-order valence-corrected chi connectivity index (χ3v) is 6.85. The lowest BCUT2D eigenvalue weighted by Crippen LogP contribution is -1.97. The Kier molecular flexibility index (Phi) is 5.46. The molecule has 7 rings (SSSR count). The predicted molar refractivity (Wildman–Crippen MR) is 154 cm³/mol. The molecule has 180 valence electrons. The van der Waals surface area contributed by atoms with E-state index in [0.717, 1.165) is 55.3 Å². The highest BCUT2D eigenvalue weighted by Crippen LogP contribution is 2.38. The first-order valence-electron chi connectivity index (χ1n) is 12.3. The van der Waals surface area contributed by atoms with E-state index in [1.165, 1.54) is 0 Å². The van der Waals surface area contributed by atoms with Gasteiger partial charge in [-0.25, -0.2) is 4.98 Å². The van der Waals surface area contributed by atoms with Gasteiger partial charge in [0.15, 0.2) is 11.6 Å². The highest BCUT2D eigenvalue weighted by molar-refractivity contribution is 6.28. The van der Waals surface area contributed by atoms with Crippen molar-refractivity contribution in [1.29, 1.82) is 0 Å². The van der Waals surface area contributed by atoms with Gasteiger partial charge in [-0.2, -0.15) is 9.97 Å². The van der Waals surface area contributed by atoms with Crippen LogP contribution in [0.4, 0.5) is 0 Å². The summed E-state index contributed by atoms with van der Waals surface area (Å²) in [7, 11) is 0. The van der Waals surface area contributed by atoms with E-state index in [9.17, 15) is 0 Å². The third-order valence-electron chi connectivity index (χ3n) is 6.68. The molecule has 0 saturated carbocycles. The van der Waals surface area contributed by atoms with E-state index in [4.69, 9.17) is 21.0 Å². The average molecular weight is 510 g/mol. The van der Waals surface area contributed by atoms with E-state index < -0.39 is 0 Å². The van der Waals surface area contributed by atoms with Gasteiger partial charge in [-0.05, 0) is 58.1 Å². The Hall–Kier alpha value is -4.80. The van der Waals surface area contributed by atoms with Gasteiger partial charge in [0.2, 0.25) is 5.28 Å². The zero-order chi connectivity index (χ0) is 25.5. The molecular weight excluding hydrogens is 490 g/mol. The van der Waals surface area contributed by atoms with Crippen molar-refractivity contribution in [3.8, 4) is 45.0 Å². The smallest absolute Gasteiger partial charge is 0.226 e. The summed E-state index contributed by atoms with van der Waals surface area (Å²) in [5.41, 5.74) is 7.74. The number of fused-ring (bicyclic) bond motifs is 3. The van der Waals surface area contributed by atoms with Crippen LogP contribution in [0.1, 0.15) is 0 Å². The van der Waals surface area contributed by atoms with Crippen LogP contribution in [0.2, 0.25) is 5.28 Å². The van der Waals surface area contributed by atoms with Crippen LogP contribution in [0.3, 0.4) is 0 Å². The first-order chi connectivity index (χ1) is 18.7. The second-order valence-corrected chi connectivity index (χ2v) is 9.39. The number of benzene rings is 5. The number of hydrogen-bond donors (Lipinski definition) is 0. The summed E-state index contributed by atoms with van der Waals surface area (Å²) in [5.74, 6) is 1.03. The van der Waals surface area contributed by atoms with Gasteiger partial charge in [-0.15, -0.1) is 0 Å². The van der Waals surface area contributed by atoms with E-state index >= 15 is 0 Å². The summed E-state index contributed by atoms with van der Waals surface area (Å²) >= 11 is 6.45. The molecule has 0 aliphatic heterocycles. The molecule has 0 atom stereocenters. The van der Waals surface area contributed by atoms with Gasteiger partial charge in [0.05, 0.1) is 0 Å². The largest absolute Gasteiger partial charge is 0.456 e. The fourth-order valence-electron chi connectivity index (χ4n) is 4.89. The summed E-state index contributed by atoms with van der Waals surface area (Å²) < 4.78 is 6.28. The molecule has 0 unspecified atom stereocenters. The van der Waals surface area contributed by atoms with Gasteiger partial charge >= 0.3 is 0 Å². The van der Waals surface area contributed by atoms with Crippen LogP contribution in [0.25, 0.3) is 67.0 Å². The Bertz CT molecular complexity index is 1930. The van der Waals surface area contributed by atoms with Crippen molar-refractivity contribution < 1.29 is 4.42 Å². The van der Waals surface area contributed by atoms with Crippen LogP contribution in [0.5, 0.6) is 0 Å². The van der Waals surface area contributed by atoms with Crippen LogP contribution >= 0.6 is 11.6 Å². The molecule has 0 N–H and O–H groups in total. The topological polar surface area (TPSA) is 51.8 Å². The van der Waals surface area contributed by atoms with Gasteiger partial charge in [0.1, 0.15) is 11.2 Å². The van der Waals surface area contributed by atoms with Crippen molar-refractivity contribution in [3.05, 3.63) is 127 Å². The Morgan fingerprint density at radius 2 is 1.11 bits per heavy atom. The minimum Gasteiger partial charge on any atom is -0.456 e. The molecule has 0 fully saturated rings. The molecule has 4 nitrogen and oxygen atoms in total. The Morgan fingerprint density at radius 3 is 1.87 bits per heavy atom. The maximum Gasteiger partial charge on any atom is 0.226 e. The first-order valence-corrected chi connectivity index (χ1v) is 12.7. The van der Waals surface area contributed by atoms with Gasteiger partial charge in [-0.3, -0.25) is 0 Å². The second kappa shape index (κ2) is 9.25. The highest BCUT2D eigenvalue weighted by Gasteiger charge is 2.17. The summed E-state index contributed by atoms with van der Waals surface area (Å²) in [4.78, 5) is 13.8. The van der Waals surface area contributed by atoms with Crippen LogP contribution < -0.4 is 0 Å². The predicted octanol–water partition coefficient (Wildman–Crippen LogP) is 9.09. The van der Waals surface area contributed by atoms with Crippen molar-refractivity contribution in [3.63, 3.8) is 0 Å². The molecule has 0 bridgehead atoms. The minimum atomic E-state index is 0.145. The summed E-state index contributed by atoms with van der Waals surface area (Å²) in [6, 6.07) is 40.8. The lowest BCUT2D eigenvalue weighted by atomic mass is 10.0. The number of halogens is 1. The number of aromatic nitrogens is 3. The molecule has 5 aromatic carbocycles. The zero-order valence-electron chi connectivity index (χ0n) is 20.2. The number of rotatable bonds is 4. The van der Waals surface area contributed by atoms with E-state index in [2.05, 4.69) is 64.6 Å². The Morgan fingerprint density at radius 1 is 0.474 bits per heavy atom. The van der Waals surface area contributed by atoms with E-state index in [-0.39, 0.29) is 5.28 Å². The number of furan rings is 1. The second-order valence-electron chi connectivity index (χ2n) is 9.06. The summed E-state index contributed by atoms with van der Waals surface area (Å²) in [6.07, 6.45) is 0. The number of hydrogen-bond acceptors (Lipinski definition) is 4. The first kappa shape index (κ1) is 22.4. The van der Waals surface area contributed by atoms with E-state index in [1.807, 2.05) is 66.7 Å². The molecule has 0 radical (unpaired) electrons. The van der Waals surface area contributed by atoms with Crippen molar-refractivity contribution in [1.82, 2.24) is 15.0 Å². The van der Waals surface area contributed by atoms with Crippen molar-refractivity contribution in [2.45, 2.75) is 0 Å². The van der Waals surface area contributed by atoms with Crippen LogP contribution in [-0.2, 0) is 0 Å². The highest BCUT2D eigenvalue weighted by atomic mass is 35.5. The fourth-order valence-corrected chi connectivity index (χ4v) is 5.05. The van der Waals surface area contributed by atoms with Crippen molar-refractivity contribution >= 4 is 33.5 Å². The zero-order valence-corrected chi connectivity index (χ0v) is 20.9. The van der Waals surface area contributed by atoms with Gasteiger partial charge in [0, 0.05) is 21.9 Å². The van der Waals surface area contributed by atoms with Gasteiger partial charge in [-0.1, -0.05) is 97.1 Å². The molecule has 5 heteroatoms. The normalized spacial score (nSPS) is 11.3. The van der Waals surface area contributed by atoms with Gasteiger partial charge < -0.3 is 4.42 Å². The minimum absolute atomic E-state index is 0.145. The average Bonchev–Trinajstić information content (AvgIpc) is 3.36. The summed E-state index contributed by atoms with van der Waals surface area (Å²) in [5, 5.41) is 2.10. The molecule has 0 saturated heterocycles. The molecular formula is C33H20ClN3O. The van der Waals surface area contributed by atoms with E-state index in [1.54, 1.807) is 0 Å². The molecule has 38 heavy (non-hydrogen) atoms. The molecule has 0 aliphatic carbocycles. The Labute approximate surface area is 224 Å². The molecule has 0 spiro atoms. The molecule has 2 aromatic heterocycles. The number of nitrogens with zero attached hydrogens (tertiary/aromatic N) is 3. The monoisotopic (exact) mass is 509 g/mol. The summed E-state index contributed by atoms with van der Waals surface area (Å²) in [6.45, 7) is 0. The lowest BCUT2D eigenvalue weighted by Gasteiger charge is -2.08. The van der Waals surface area contributed by atoms with Crippen LogP contribution in [-0.4, -0.2) is 15.0 Å². The maximum atomic E-state index is 6.45. The third kappa shape index (κ3) is 4.01. The van der Waals surface area contributed by atoms with Crippen LogP contribution in [0, 0.1) is 0 Å². The standard InChI is InChI=1S/C33H20ClN3O/c34-33-36-31(25-14-7-13-23(19-25)21-9-3-1-4-10-21)35-32(37-33)27-15-8-16-28-30(27)26-18-17-24(20-29(26)38-28)22-11-5-2-6-12-22/h1-20H. The van der Waals surface area contributed by atoms with Gasteiger partial charge in [0.25, 0.3) is 0 Å². The molecule has 7 aromatic rings. The molecule has 0 amide bonds. The van der Waals surface area contributed by atoms with E-state index in [0.29, 0.717) is 11.6 Å². The van der Waals surface area contributed by atoms with Crippen molar-refractivity contribution in [2.24, 2.45) is 0 Å². The van der Waals surface area contributed by atoms with Crippen LogP contribution in [0.15, 0.2) is 126 Å². The Balaban J connectivity index is 1.36. The van der Waals surface area contributed by atoms with Crippen molar-refractivity contribution in [2.75, 3.05) is 0 Å². The molecule has 2 heterocycles.